The quantitative estimate of drug-likeness (QED) is 0.266. The first kappa shape index (κ1) is 27.5. The Bertz CT molecular complexity index is 1270. The average molecular weight is 554 g/mol. The van der Waals surface area contributed by atoms with Gasteiger partial charge in [0, 0.05) is 0 Å². The monoisotopic (exact) mass is 553 g/mol. The van der Waals surface area contributed by atoms with Crippen LogP contribution in [0.3, 0.4) is 0 Å². The van der Waals surface area contributed by atoms with Gasteiger partial charge < -0.3 is 20.7 Å². The zero-order valence-corrected chi connectivity index (χ0v) is 22.3. The summed E-state index contributed by atoms with van der Waals surface area (Å²) in [5.74, 6) is -0.988. The molecule has 0 heterocycles. The van der Waals surface area contributed by atoms with E-state index in [4.69, 9.17) is 27.9 Å². The van der Waals surface area contributed by atoms with Crippen molar-refractivity contribution in [1.82, 2.24) is 5.32 Å². The minimum absolute atomic E-state index is 0.0973. The van der Waals surface area contributed by atoms with Gasteiger partial charge in [-0.15, -0.1) is 0 Å². The Kier molecular flexibility index (Phi) is 9.62. The van der Waals surface area contributed by atoms with Crippen molar-refractivity contribution in [3.8, 4) is 0 Å². The van der Waals surface area contributed by atoms with Crippen molar-refractivity contribution in [2.24, 2.45) is 0 Å². The zero-order valence-electron chi connectivity index (χ0n) is 20.8. The molecule has 1 aliphatic rings. The van der Waals surface area contributed by atoms with Crippen LogP contribution >= 0.6 is 23.2 Å². The van der Waals surface area contributed by atoms with E-state index in [1.54, 1.807) is 30.3 Å². The topological polar surface area (TPSA) is 96.5 Å². The zero-order chi connectivity index (χ0) is 26.9. The van der Waals surface area contributed by atoms with Gasteiger partial charge in [-0.2, -0.15) is 0 Å². The molecule has 0 aromatic heterocycles. The van der Waals surface area contributed by atoms with Gasteiger partial charge in [-0.05, 0) is 67.5 Å². The van der Waals surface area contributed by atoms with Crippen LogP contribution in [-0.4, -0.2) is 30.6 Å². The van der Waals surface area contributed by atoms with E-state index in [0.29, 0.717) is 6.42 Å². The molecule has 3 N–H and O–H groups in total. The largest absolute Gasteiger partial charge is 0.461 e. The first-order valence-corrected chi connectivity index (χ1v) is 13.3. The molecule has 0 bridgehead atoms. The number of urea groups is 1. The molecule has 0 radical (unpaired) electrons. The van der Waals surface area contributed by atoms with Crippen molar-refractivity contribution >= 4 is 52.5 Å². The van der Waals surface area contributed by atoms with Crippen LogP contribution in [-0.2, 0) is 16.0 Å². The number of rotatable bonds is 8. The maximum absolute atomic E-state index is 13.2. The number of para-hydroxylation sites is 1. The Morgan fingerprint density at radius 3 is 2.24 bits per heavy atom. The number of hydrogen-bond donors (Lipinski definition) is 3. The van der Waals surface area contributed by atoms with Gasteiger partial charge in [0.15, 0.2) is 0 Å². The van der Waals surface area contributed by atoms with Crippen molar-refractivity contribution in [2.75, 3.05) is 17.2 Å². The molecule has 3 amide bonds. The van der Waals surface area contributed by atoms with Crippen LogP contribution in [0.2, 0.25) is 10.0 Å². The number of ether oxygens (including phenoxy) is 1. The third kappa shape index (κ3) is 7.73. The molecule has 3 aromatic carbocycles. The van der Waals surface area contributed by atoms with Gasteiger partial charge in [-0.3, -0.25) is 9.59 Å². The Morgan fingerprint density at radius 2 is 1.53 bits per heavy atom. The molecule has 1 aliphatic carbocycles. The molecule has 4 rings (SSSR count). The van der Waals surface area contributed by atoms with Crippen molar-refractivity contribution in [3.63, 3.8) is 0 Å². The lowest BCUT2D eigenvalue weighted by Crippen LogP contribution is -2.34. The number of carbonyl (C=O) groups is 3. The molecular weight excluding hydrogens is 525 g/mol. The van der Waals surface area contributed by atoms with Crippen LogP contribution in [0.1, 0.15) is 53.6 Å². The van der Waals surface area contributed by atoms with E-state index in [9.17, 15) is 14.4 Å². The summed E-state index contributed by atoms with van der Waals surface area (Å²) < 4.78 is 5.51. The summed E-state index contributed by atoms with van der Waals surface area (Å²) in [4.78, 5) is 38.3. The molecule has 7 nitrogen and oxygen atoms in total. The van der Waals surface area contributed by atoms with Gasteiger partial charge in [0.25, 0.3) is 5.91 Å². The predicted octanol–water partition coefficient (Wildman–Crippen LogP) is 6.83. The number of anilines is 2. The van der Waals surface area contributed by atoms with Crippen LogP contribution in [0.25, 0.3) is 0 Å². The maximum Gasteiger partial charge on any atom is 0.325 e. The molecule has 198 valence electrons. The summed E-state index contributed by atoms with van der Waals surface area (Å²) in [6.07, 6.45) is 5.41. The highest BCUT2D eigenvalue weighted by Gasteiger charge is 2.20. The number of carbonyl (C=O) groups excluding carboxylic acids is 3. The molecular formula is C29H29Cl2N3O4. The molecule has 38 heavy (non-hydrogen) atoms. The number of hydrogen-bond acceptors (Lipinski definition) is 4. The predicted molar refractivity (Wildman–Crippen MR) is 150 cm³/mol. The van der Waals surface area contributed by atoms with E-state index in [0.717, 1.165) is 43.2 Å². The van der Waals surface area contributed by atoms with Crippen molar-refractivity contribution in [2.45, 2.75) is 44.6 Å². The number of benzene rings is 3. The minimum Gasteiger partial charge on any atom is -0.461 e. The van der Waals surface area contributed by atoms with E-state index < -0.39 is 17.9 Å². The first-order chi connectivity index (χ1) is 18.4. The third-order valence-electron chi connectivity index (χ3n) is 6.27. The molecule has 3 aromatic rings. The molecule has 0 spiro atoms. The van der Waals surface area contributed by atoms with Crippen LogP contribution in [0.15, 0.2) is 66.7 Å². The molecule has 0 aliphatic heterocycles. The van der Waals surface area contributed by atoms with Gasteiger partial charge in [0.05, 0.1) is 27.0 Å². The first-order valence-electron chi connectivity index (χ1n) is 12.6. The Labute approximate surface area is 231 Å². The Hall–Kier alpha value is -3.55. The van der Waals surface area contributed by atoms with Crippen molar-refractivity contribution in [1.29, 1.82) is 0 Å². The second-order valence-corrected chi connectivity index (χ2v) is 9.97. The van der Waals surface area contributed by atoms with Crippen molar-refractivity contribution in [3.05, 3.63) is 93.5 Å². The Balaban J connectivity index is 1.49. The summed E-state index contributed by atoms with van der Waals surface area (Å²) in [5.41, 5.74) is 2.67. The van der Waals surface area contributed by atoms with Gasteiger partial charge in [-0.1, -0.05) is 72.1 Å². The van der Waals surface area contributed by atoms with Gasteiger partial charge >= 0.3 is 12.0 Å². The van der Waals surface area contributed by atoms with Crippen LogP contribution in [0.5, 0.6) is 0 Å². The van der Waals surface area contributed by atoms with Crippen molar-refractivity contribution < 1.29 is 19.1 Å². The molecule has 1 saturated carbocycles. The van der Waals surface area contributed by atoms with Gasteiger partial charge in [0.2, 0.25) is 0 Å². The summed E-state index contributed by atoms with van der Waals surface area (Å²) in [5, 5.41) is 8.51. The lowest BCUT2D eigenvalue weighted by atomic mass is 9.98. The summed E-state index contributed by atoms with van der Waals surface area (Å²) in [7, 11) is 0. The fraction of sp³-hybridized carbons (Fsp3) is 0.276. The highest BCUT2D eigenvalue weighted by molar-refractivity contribution is 6.39. The lowest BCUT2D eigenvalue weighted by Gasteiger charge is -2.22. The fourth-order valence-electron chi connectivity index (χ4n) is 4.37. The number of amides is 3. The number of nitrogens with one attached hydrogen (secondary N) is 3. The molecule has 0 saturated heterocycles. The SMILES string of the molecule is O=C(Nc1ccc(Cc2ccccc2)cc1C(=O)NCC(=O)OC1CCCCC1)Nc1c(Cl)cccc1Cl. The van der Waals surface area contributed by atoms with Crippen LogP contribution in [0, 0.1) is 0 Å². The number of halogens is 2. The standard InChI is InChI=1S/C29H29Cl2N3O4/c30-23-12-7-13-24(31)27(23)34-29(37)33-25-15-14-20(16-19-8-3-1-4-9-19)17-22(25)28(36)32-18-26(35)38-21-10-5-2-6-11-21/h1,3-4,7-9,12-15,17,21H,2,5-6,10-11,16,18H2,(H,32,36)(H2,33,34,37). The third-order valence-corrected chi connectivity index (χ3v) is 6.90. The van der Waals surface area contributed by atoms with Gasteiger partial charge in [-0.25, -0.2) is 4.79 Å². The summed E-state index contributed by atoms with van der Waals surface area (Å²) in [6.45, 7) is -0.265. The summed E-state index contributed by atoms with van der Waals surface area (Å²) >= 11 is 12.3. The molecule has 0 atom stereocenters. The van der Waals surface area contributed by atoms with E-state index in [1.165, 1.54) is 0 Å². The summed E-state index contributed by atoms with van der Waals surface area (Å²) in [6, 6.07) is 19.3. The van der Waals surface area contributed by atoms with Crippen LogP contribution in [0.4, 0.5) is 16.2 Å². The van der Waals surface area contributed by atoms with E-state index >= 15 is 0 Å². The second kappa shape index (κ2) is 13.3. The maximum atomic E-state index is 13.2. The van der Waals surface area contributed by atoms with Crippen LogP contribution < -0.4 is 16.0 Å². The molecule has 1 fully saturated rings. The highest BCUT2D eigenvalue weighted by Crippen LogP contribution is 2.30. The average Bonchev–Trinajstić information content (AvgIpc) is 2.91. The second-order valence-electron chi connectivity index (χ2n) is 9.15. The van der Waals surface area contributed by atoms with E-state index in [1.807, 2.05) is 36.4 Å². The fourth-order valence-corrected chi connectivity index (χ4v) is 4.86. The smallest absolute Gasteiger partial charge is 0.325 e. The van der Waals surface area contributed by atoms with Gasteiger partial charge in [0.1, 0.15) is 12.6 Å². The normalized spacial score (nSPS) is 13.4. The number of esters is 1. The molecule has 9 heteroatoms. The highest BCUT2D eigenvalue weighted by atomic mass is 35.5. The minimum atomic E-state index is -0.624. The van der Waals surface area contributed by atoms with E-state index in [2.05, 4.69) is 16.0 Å². The lowest BCUT2D eigenvalue weighted by molar-refractivity contribution is -0.149. The van der Waals surface area contributed by atoms with E-state index in [-0.39, 0.29) is 39.6 Å². The Morgan fingerprint density at radius 1 is 0.816 bits per heavy atom. The molecule has 0 unspecified atom stereocenters.